The molecule has 5 rings (SSSR count). The van der Waals surface area contributed by atoms with Gasteiger partial charge < -0.3 is 15.4 Å². The van der Waals surface area contributed by atoms with Gasteiger partial charge in [0.25, 0.3) is 5.91 Å². The van der Waals surface area contributed by atoms with Crippen LogP contribution in [0.4, 0.5) is 5.69 Å². The summed E-state index contributed by atoms with van der Waals surface area (Å²) in [4.78, 5) is 45.6. The van der Waals surface area contributed by atoms with Crippen LogP contribution in [0.15, 0.2) is 70.7 Å². The number of pyridine rings is 1. The fraction of sp³-hybridized carbons (Fsp3) is 0.412. The molecular weight excluding hydrogens is 741 g/mol. The van der Waals surface area contributed by atoms with Crippen molar-refractivity contribution in [3.05, 3.63) is 82.1 Å². The maximum absolute atomic E-state index is 14.1. The summed E-state index contributed by atoms with van der Waals surface area (Å²) in [5.74, 6) is -1.92. The largest absolute Gasteiger partial charge is 0.464 e. The van der Waals surface area contributed by atoms with E-state index < -0.39 is 49.7 Å². The number of piperidine rings is 1. The summed E-state index contributed by atoms with van der Waals surface area (Å²) in [5, 5.41) is 5.63. The number of rotatable bonds is 12. The van der Waals surface area contributed by atoms with E-state index in [2.05, 4.69) is 20.5 Å². The molecule has 3 heterocycles. The average Bonchev–Trinajstić information content (AvgIpc) is 3.56. The maximum atomic E-state index is 14.1. The Morgan fingerprint density at radius 3 is 2.24 bits per heavy atom. The van der Waals surface area contributed by atoms with E-state index in [-0.39, 0.29) is 57.4 Å². The predicted octanol–water partition coefficient (Wildman–Crippen LogP) is 3.95. The van der Waals surface area contributed by atoms with Crippen molar-refractivity contribution < 1.29 is 36.0 Å². The Labute approximate surface area is 307 Å². The first-order valence-electron chi connectivity index (χ1n) is 16.4. The third-order valence-corrected chi connectivity index (χ3v) is 12.5. The maximum Gasteiger partial charge on any atom is 0.328 e. The molecule has 0 spiro atoms. The van der Waals surface area contributed by atoms with Crippen molar-refractivity contribution in [3.8, 4) is 0 Å². The van der Waals surface area contributed by atoms with Gasteiger partial charge in [-0.1, -0.05) is 47.8 Å². The van der Waals surface area contributed by atoms with E-state index in [0.717, 1.165) is 49.0 Å². The van der Waals surface area contributed by atoms with E-state index in [9.17, 15) is 31.2 Å². The third-order valence-electron chi connectivity index (χ3n) is 8.90. The zero-order valence-electron chi connectivity index (χ0n) is 28.0. The second-order valence-electron chi connectivity index (χ2n) is 12.5. The monoisotopic (exact) mass is 779 g/mol. The van der Waals surface area contributed by atoms with Gasteiger partial charge in [0.05, 0.1) is 32.0 Å². The van der Waals surface area contributed by atoms with E-state index in [1.807, 2.05) is 0 Å². The van der Waals surface area contributed by atoms with Crippen LogP contribution in [0.25, 0.3) is 0 Å². The van der Waals surface area contributed by atoms with Gasteiger partial charge in [0.2, 0.25) is 15.9 Å². The summed E-state index contributed by atoms with van der Waals surface area (Å²) < 4.78 is 59.1. The number of sulfone groups is 1. The van der Waals surface area contributed by atoms with Gasteiger partial charge in [-0.2, -0.15) is 4.31 Å². The number of esters is 1. The van der Waals surface area contributed by atoms with Crippen molar-refractivity contribution in [3.63, 3.8) is 0 Å². The SMILES string of the molecule is CCOC(=O)[C@H](Cc1ccc(NC(=O)c2c(Cl)cncc2Cl)cc1)NC(=O)C1C[C@@H](N2CCCCC2)CN1S(=O)(=O)c1cccc(S(C)(=O)=O)c1. The van der Waals surface area contributed by atoms with Crippen molar-refractivity contribution >= 4 is 66.5 Å². The Morgan fingerprint density at radius 1 is 0.961 bits per heavy atom. The molecule has 1 aromatic heterocycles. The first-order valence-corrected chi connectivity index (χ1v) is 20.5. The summed E-state index contributed by atoms with van der Waals surface area (Å²) in [6.45, 7) is 3.24. The molecule has 3 aromatic rings. The zero-order valence-corrected chi connectivity index (χ0v) is 31.2. The molecule has 274 valence electrons. The van der Waals surface area contributed by atoms with Crippen molar-refractivity contribution in [2.24, 2.45) is 0 Å². The number of amides is 2. The molecule has 2 aliphatic rings. The standard InChI is InChI=1S/C34H39Cl2N5O8S2/c1-3-49-34(44)29(16-22-10-12-23(13-11-22)38-33(43)31-27(35)19-37-20-28(31)36)39-32(42)30-17-24(40-14-5-4-6-15-40)21-41(30)51(47,48)26-9-7-8-25(18-26)50(2,45)46/h7-13,18-20,24,29-30H,3-6,14-17,21H2,1-2H3,(H,38,43)(H,39,42)/t24-,29+,30?/m1/s1. The molecule has 2 N–H and O–H groups in total. The van der Waals surface area contributed by atoms with E-state index in [4.69, 9.17) is 27.9 Å². The molecule has 2 aliphatic heterocycles. The Kier molecular flexibility index (Phi) is 12.4. The normalized spacial score (nSPS) is 19.3. The number of halogens is 2. The van der Waals surface area contributed by atoms with Crippen LogP contribution >= 0.6 is 23.2 Å². The van der Waals surface area contributed by atoms with Crippen LogP contribution in [0, 0.1) is 0 Å². The average molecular weight is 781 g/mol. The van der Waals surface area contributed by atoms with Gasteiger partial charge >= 0.3 is 5.97 Å². The molecule has 0 bridgehead atoms. The molecule has 2 amide bonds. The molecule has 2 aromatic carbocycles. The number of likely N-dealkylation sites (tertiary alicyclic amines) is 1. The smallest absolute Gasteiger partial charge is 0.328 e. The highest BCUT2D eigenvalue weighted by molar-refractivity contribution is 7.91. The number of nitrogens with one attached hydrogen (secondary N) is 2. The van der Waals surface area contributed by atoms with Gasteiger partial charge in [0, 0.05) is 43.3 Å². The predicted molar refractivity (Wildman–Crippen MR) is 192 cm³/mol. The highest BCUT2D eigenvalue weighted by Gasteiger charge is 2.46. The number of nitrogens with zero attached hydrogens (tertiary/aromatic N) is 3. The van der Waals surface area contributed by atoms with Crippen LogP contribution < -0.4 is 10.6 Å². The topological polar surface area (TPSA) is 172 Å². The van der Waals surface area contributed by atoms with Gasteiger partial charge in [-0.05, 0) is 75.2 Å². The molecule has 51 heavy (non-hydrogen) atoms. The van der Waals surface area contributed by atoms with E-state index in [1.54, 1.807) is 31.2 Å². The van der Waals surface area contributed by atoms with Crippen molar-refractivity contribution in [1.82, 2.24) is 19.5 Å². The number of hydrogen-bond donors (Lipinski definition) is 2. The van der Waals surface area contributed by atoms with Crippen LogP contribution in [0.3, 0.4) is 0 Å². The Bertz CT molecular complexity index is 1970. The summed E-state index contributed by atoms with van der Waals surface area (Å²) in [6, 6.07) is 9.03. The van der Waals surface area contributed by atoms with Crippen molar-refractivity contribution in [1.29, 1.82) is 0 Å². The third kappa shape index (κ3) is 9.26. The lowest BCUT2D eigenvalue weighted by atomic mass is 10.0. The molecule has 0 saturated carbocycles. The number of carbonyl (C=O) groups excluding carboxylic acids is 3. The number of aromatic nitrogens is 1. The molecule has 0 aliphatic carbocycles. The van der Waals surface area contributed by atoms with Crippen molar-refractivity contribution in [2.45, 2.75) is 66.9 Å². The first-order chi connectivity index (χ1) is 24.2. The number of ether oxygens (including phenoxy) is 1. The van der Waals surface area contributed by atoms with Gasteiger partial charge in [-0.3, -0.25) is 19.5 Å². The minimum Gasteiger partial charge on any atom is -0.464 e. The fourth-order valence-corrected chi connectivity index (χ4v) is 9.28. The quantitative estimate of drug-likeness (QED) is 0.257. The Morgan fingerprint density at radius 2 is 1.61 bits per heavy atom. The van der Waals surface area contributed by atoms with Crippen molar-refractivity contribution in [2.75, 3.05) is 37.8 Å². The number of carbonyl (C=O) groups is 3. The fourth-order valence-electron chi connectivity index (χ4n) is 6.32. The van der Waals surface area contributed by atoms with Crippen LogP contribution in [0.1, 0.15) is 48.5 Å². The van der Waals surface area contributed by atoms with Gasteiger partial charge in [-0.25, -0.2) is 21.6 Å². The highest BCUT2D eigenvalue weighted by Crippen LogP contribution is 2.32. The molecule has 1 unspecified atom stereocenters. The van der Waals surface area contributed by atoms with E-state index in [1.165, 1.54) is 30.6 Å². The lowest BCUT2D eigenvalue weighted by molar-refractivity contribution is -0.147. The number of hydrogen-bond acceptors (Lipinski definition) is 10. The van der Waals surface area contributed by atoms with Gasteiger partial charge in [0.1, 0.15) is 12.1 Å². The second kappa shape index (κ2) is 16.4. The first kappa shape index (κ1) is 38.6. The minimum absolute atomic E-state index is 0.00619. The van der Waals surface area contributed by atoms with Gasteiger partial charge in [0.15, 0.2) is 9.84 Å². The van der Waals surface area contributed by atoms with E-state index in [0.29, 0.717) is 11.3 Å². The molecule has 0 radical (unpaired) electrons. The summed E-state index contributed by atoms with van der Waals surface area (Å²) in [5.41, 5.74) is 1.10. The lowest BCUT2D eigenvalue weighted by Gasteiger charge is -2.32. The number of anilines is 1. The van der Waals surface area contributed by atoms with Crippen LogP contribution in [-0.4, -0.2) is 99.4 Å². The van der Waals surface area contributed by atoms with Crippen LogP contribution in [-0.2, 0) is 40.6 Å². The molecule has 2 saturated heterocycles. The summed E-state index contributed by atoms with van der Waals surface area (Å²) >= 11 is 12.2. The molecule has 13 nitrogen and oxygen atoms in total. The number of benzene rings is 2. The number of sulfonamides is 1. The highest BCUT2D eigenvalue weighted by atomic mass is 35.5. The second-order valence-corrected chi connectivity index (χ2v) is 17.2. The Balaban J connectivity index is 1.37. The lowest BCUT2D eigenvalue weighted by Crippen LogP contribution is -2.51. The van der Waals surface area contributed by atoms with E-state index >= 15 is 0 Å². The minimum atomic E-state index is -4.34. The molecule has 3 atom stereocenters. The van der Waals surface area contributed by atoms with Crippen LogP contribution in [0.2, 0.25) is 10.0 Å². The van der Waals surface area contributed by atoms with Gasteiger partial charge in [-0.15, -0.1) is 0 Å². The Hall–Kier alpha value is -3.60. The molecular formula is C34H39Cl2N5O8S2. The molecule has 2 fully saturated rings. The summed E-state index contributed by atoms with van der Waals surface area (Å²) in [7, 11) is -8.05. The molecule has 17 heteroatoms. The zero-order chi connectivity index (χ0) is 36.9. The van der Waals surface area contributed by atoms with Crippen LogP contribution in [0.5, 0.6) is 0 Å². The summed E-state index contributed by atoms with van der Waals surface area (Å²) in [6.07, 6.45) is 6.77.